The molecule has 0 aliphatic carbocycles. The molecule has 1 aromatic heterocycles. The Morgan fingerprint density at radius 2 is 2.10 bits per heavy atom. The molecule has 21 heavy (non-hydrogen) atoms. The molecule has 0 aromatic carbocycles. The van der Waals surface area contributed by atoms with Gasteiger partial charge < -0.3 is 10.6 Å². The third-order valence-corrected chi connectivity index (χ3v) is 4.42. The molecular weight excluding hydrogens is 280 g/mol. The van der Waals surface area contributed by atoms with Gasteiger partial charge in [0.25, 0.3) is 0 Å². The summed E-state index contributed by atoms with van der Waals surface area (Å²) in [5.41, 5.74) is 7.06. The van der Waals surface area contributed by atoms with Crippen LogP contribution in [-0.2, 0) is 6.42 Å². The summed E-state index contributed by atoms with van der Waals surface area (Å²) < 4.78 is 0. The molecule has 0 radical (unpaired) electrons. The molecule has 2 rings (SSSR count). The highest BCUT2D eigenvalue weighted by atomic mass is 32.1. The number of hydrogen-bond donors (Lipinski definition) is 1. The highest BCUT2D eigenvalue weighted by Gasteiger charge is 2.24. The van der Waals surface area contributed by atoms with E-state index in [1.54, 1.807) is 0 Å². The normalized spacial score (nSPS) is 18.5. The van der Waals surface area contributed by atoms with Crippen molar-refractivity contribution in [1.82, 2.24) is 14.8 Å². The standard InChI is InChI=1S/C16H26N4S/c1-2-5-15(16(17)21)20-12-10-19(11-13-20)9-7-14-6-3-4-8-18-14/h3-4,6,8,15H,2,5,7,9-13H2,1H3,(H2,17,21). The molecule has 5 heteroatoms. The van der Waals surface area contributed by atoms with Crippen molar-refractivity contribution in [3.05, 3.63) is 30.1 Å². The van der Waals surface area contributed by atoms with E-state index < -0.39 is 0 Å². The molecule has 1 saturated heterocycles. The Morgan fingerprint density at radius 1 is 1.33 bits per heavy atom. The number of thiocarbonyl (C=S) groups is 1. The quantitative estimate of drug-likeness (QED) is 0.777. The average Bonchev–Trinajstić information content (AvgIpc) is 2.52. The molecule has 116 valence electrons. The summed E-state index contributed by atoms with van der Waals surface area (Å²) >= 11 is 5.22. The van der Waals surface area contributed by atoms with E-state index in [1.807, 2.05) is 12.3 Å². The van der Waals surface area contributed by atoms with E-state index in [4.69, 9.17) is 18.0 Å². The first kappa shape index (κ1) is 16.3. The van der Waals surface area contributed by atoms with Gasteiger partial charge >= 0.3 is 0 Å². The molecule has 2 heterocycles. The predicted octanol–water partition coefficient (Wildman–Crippen LogP) is 1.70. The van der Waals surface area contributed by atoms with Gasteiger partial charge in [-0.25, -0.2) is 0 Å². The molecule has 1 aliphatic rings. The second-order valence-electron chi connectivity index (χ2n) is 5.66. The molecule has 0 bridgehead atoms. The smallest absolute Gasteiger partial charge is 0.0902 e. The van der Waals surface area contributed by atoms with E-state index in [2.05, 4.69) is 33.8 Å². The third kappa shape index (κ3) is 5.02. The van der Waals surface area contributed by atoms with Crippen molar-refractivity contribution < 1.29 is 0 Å². The largest absolute Gasteiger partial charge is 0.392 e. The highest BCUT2D eigenvalue weighted by Crippen LogP contribution is 2.12. The maximum atomic E-state index is 5.89. The first-order chi connectivity index (χ1) is 10.2. The lowest BCUT2D eigenvalue weighted by atomic mass is 10.1. The van der Waals surface area contributed by atoms with Gasteiger partial charge in [-0.1, -0.05) is 31.6 Å². The summed E-state index contributed by atoms with van der Waals surface area (Å²) in [7, 11) is 0. The summed E-state index contributed by atoms with van der Waals surface area (Å²) in [4.78, 5) is 9.99. The van der Waals surface area contributed by atoms with Crippen molar-refractivity contribution in [3.63, 3.8) is 0 Å². The summed E-state index contributed by atoms with van der Waals surface area (Å²) in [5.74, 6) is 0. The molecule has 0 saturated carbocycles. The van der Waals surface area contributed by atoms with E-state index in [1.165, 1.54) is 5.69 Å². The van der Waals surface area contributed by atoms with E-state index in [0.717, 1.165) is 52.0 Å². The van der Waals surface area contributed by atoms with Crippen molar-refractivity contribution in [3.8, 4) is 0 Å². The highest BCUT2D eigenvalue weighted by molar-refractivity contribution is 7.80. The Kier molecular flexibility index (Phi) is 6.54. The Balaban J connectivity index is 1.76. The van der Waals surface area contributed by atoms with E-state index in [-0.39, 0.29) is 6.04 Å². The lowest BCUT2D eigenvalue weighted by molar-refractivity contribution is 0.115. The van der Waals surface area contributed by atoms with Crippen LogP contribution in [0, 0.1) is 0 Å². The second-order valence-corrected chi connectivity index (χ2v) is 6.13. The Bertz CT molecular complexity index is 429. The van der Waals surface area contributed by atoms with Crippen LogP contribution in [0.5, 0.6) is 0 Å². The predicted molar refractivity (Wildman–Crippen MR) is 91.4 cm³/mol. The van der Waals surface area contributed by atoms with Crippen LogP contribution in [0.15, 0.2) is 24.4 Å². The molecule has 1 aliphatic heterocycles. The summed E-state index contributed by atoms with van der Waals surface area (Å²) in [6.45, 7) is 7.57. The Hall–Kier alpha value is -1.04. The Morgan fingerprint density at radius 3 is 2.67 bits per heavy atom. The minimum atomic E-state index is 0.281. The van der Waals surface area contributed by atoms with Gasteiger partial charge in [0.05, 0.1) is 11.0 Å². The summed E-state index contributed by atoms with van der Waals surface area (Å²) in [6.07, 6.45) is 5.09. The summed E-state index contributed by atoms with van der Waals surface area (Å²) in [5, 5.41) is 0. The minimum absolute atomic E-state index is 0.281. The van der Waals surface area contributed by atoms with Crippen LogP contribution < -0.4 is 5.73 Å². The van der Waals surface area contributed by atoms with Gasteiger partial charge in [-0.2, -0.15) is 0 Å². The lowest BCUT2D eigenvalue weighted by Crippen LogP contribution is -2.53. The van der Waals surface area contributed by atoms with Crippen molar-refractivity contribution >= 4 is 17.2 Å². The van der Waals surface area contributed by atoms with Crippen LogP contribution in [0.25, 0.3) is 0 Å². The van der Waals surface area contributed by atoms with Crippen molar-refractivity contribution in [2.75, 3.05) is 32.7 Å². The van der Waals surface area contributed by atoms with Gasteiger partial charge in [0, 0.05) is 51.0 Å². The second kappa shape index (κ2) is 8.41. The minimum Gasteiger partial charge on any atom is -0.392 e. The fourth-order valence-corrected chi connectivity index (χ4v) is 3.16. The monoisotopic (exact) mass is 306 g/mol. The molecule has 0 amide bonds. The molecule has 2 N–H and O–H groups in total. The van der Waals surface area contributed by atoms with Crippen LogP contribution in [0.3, 0.4) is 0 Å². The fourth-order valence-electron chi connectivity index (χ4n) is 2.90. The number of aromatic nitrogens is 1. The maximum absolute atomic E-state index is 5.89. The molecule has 0 spiro atoms. The molecule has 1 unspecified atom stereocenters. The number of nitrogens with two attached hydrogens (primary N) is 1. The molecule has 1 aromatic rings. The van der Waals surface area contributed by atoms with E-state index in [9.17, 15) is 0 Å². The zero-order chi connectivity index (χ0) is 15.1. The van der Waals surface area contributed by atoms with Crippen LogP contribution in [0.2, 0.25) is 0 Å². The number of nitrogens with zero attached hydrogens (tertiary/aromatic N) is 3. The van der Waals surface area contributed by atoms with Crippen molar-refractivity contribution in [2.24, 2.45) is 5.73 Å². The molecule has 1 fully saturated rings. The topological polar surface area (TPSA) is 45.4 Å². The van der Waals surface area contributed by atoms with Crippen LogP contribution in [0.1, 0.15) is 25.5 Å². The van der Waals surface area contributed by atoms with Gasteiger partial charge in [0.15, 0.2) is 0 Å². The zero-order valence-corrected chi connectivity index (χ0v) is 13.7. The van der Waals surface area contributed by atoms with Crippen molar-refractivity contribution in [2.45, 2.75) is 32.2 Å². The number of rotatable bonds is 7. The molecule has 4 nitrogen and oxygen atoms in total. The third-order valence-electron chi connectivity index (χ3n) is 4.15. The average molecular weight is 306 g/mol. The van der Waals surface area contributed by atoms with E-state index in [0.29, 0.717) is 4.99 Å². The summed E-state index contributed by atoms with van der Waals surface area (Å²) in [6, 6.07) is 6.40. The fraction of sp³-hybridized carbons (Fsp3) is 0.625. The number of piperazine rings is 1. The maximum Gasteiger partial charge on any atom is 0.0902 e. The van der Waals surface area contributed by atoms with Gasteiger partial charge in [-0.15, -0.1) is 0 Å². The lowest BCUT2D eigenvalue weighted by Gasteiger charge is -2.38. The van der Waals surface area contributed by atoms with Crippen LogP contribution in [-0.4, -0.2) is 58.5 Å². The van der Waals surface area contributed by atoms with Gasteiger partial charge in [-0.3, -0.25) is 9.88 Å². The van der Waals surface area contributed by atoms with Gasteiger partial charge in [0.1, 0.15) is 0 Å². The molecule has 1 atom stereocenters. The first-order valence-electron chi connectivity index (χ1n) is 7.86. The van der Waals surface area contributed by atoms with Crippen molar-refractivity contribution in [1.29, 1.82) is 0 Å². The zero-order valence-electron chi connectivity index (χ0n) is 12.9. The SMILES string of the molecule is CCCC(C(N)=S)N1CCN(CCc2ccccn2)CC1. The number of hydrogen-bond acceptors (Lipinski definition) is 4. The Labute approximate surface area is 133 Å². The van der Waals surface area contributed by atoms with Gasteiger partial charge in [-0.05, 0) is 18.6 Å². The van der Waals surface area contributed by atoms with Crippen LogP contribution in [0.4, 0.5) is 0 Å². The van der Waals surface area contributed by atoms with Gasteiger partial charge in [0.2, 0.25) is 0 Å². The first-order valence-corrected chi connectivity index (χ1v) is 8.27. The van der Waals surface area contributed by atoms with Crippen LogP contribution >= 0.6 is 12.2 Å². The van der Waals surface area contributed by atoms with E-state index >= 15 is 0 Å². The number of pyridine rings is 1. The molecular formula is C16H26N4S.